The molecule has 0 saturated heterocycles. The quantitative estimate of drug-likeness (QED) is 0.459. The summed E-state index contributed by atoms with van der Waals surface area (Å²) in [4.78, 5) is 12.4. The summed E-state index contributed by atoms with van der Waals surface area (Å²) in [7, 11) is 0. The van der Waals surface area contributed by atoms with Crippen molar-refractivity contribution in [3.05, 3.63) is 77.6 Å². The highest BCUT2D eigenvalue weighted by atomic mass is 15.3. The fourth-order valence-corrected chi connectivity index (χ4v) is 3.53. The lowest BCUT2D eigenvalue weighted by atomic mass is 9.88. The van der Waals surface area contributed by atoms with Gasteiger partial charge in [-0.25, -0.2) is 9.97 Å². The van der Waals surface area contributed by atoms with Gasteiger partial charge in [-0.05, 0) is 29.3 Å². The summed E-state index contributed by atoms with van der Waals surface area (Å²) in [5.74, 6) is 1.36. The zero-order valence-corrected chi connectivity index (χ0v) is 14.4. The zero-order valence-electron chi connectivity index (χ0n) is 14.4. The normalized spacial score (nSPS) is 12.6. The van der Waals surface area contributed by atoms with Crippen molar-refractivity contribution in [2.24, 2.45) is 0 Å². The van der Waals surface area contributed by atoms with E-state index in [1.165, 1.54) is 0 Å². The number of anilines is 1. The van der Waals surface area contributed by atoms with E-state index in [4.69, 9.17) is 10.7 Å². The molecule has 0 spiro atoms. The van der Waals surface area contributed by atoms with Crippen LogP contribution in [0.1, 0.15) is 22.9 Å². The molecule has 3 aromatic heterocycles. The van der Waals surface area contributed by atoms with E-state index in [2.05, 4.69) is 37.5 Å². The van der Waals surface area contributed by atoms with E-state index in [-0.39, 0.29) is 5.92 Å². The second kappa shape index (κ2) is 6.21. The van der Waals surface area contributed by atoms with Crippen LogP contribution in [-0.2, 0) is 6.42 Å². The lowest BCUT2D eigenvalue weighted by Crippen LogP contribution is -2.08. The van der Waals surface area contributed by atoms with Gasteiger partial charge in [-0.2, -0.15) is 10.3 Å². The molecule has 5 aromatic rings. The van der Waals surface area contributed by atoms with Gasteiger partial charge in [0.25, 0.3) is 0 Å². The number of para-hydroxylation sites is 2. The van der Waals surface area contributed by atoms with Crippen molar-refractivity contribution in [3.63, 3.8) is 0 Å². The Balaban J connectivity index is 1.66. The molecule has 27 heavy (non-hydrogen) atoms. The number of hydrogen-bond donors (Lipinski definition) is 3. The van der Waals surface area contributed by atoms with Gasteiger partial charge >= 0.3 is 0 Å². The van der Waals surface area contributed by atoms with Gasteiger partial charge in [0.05, 0.1) is 11.0 Å². The average Bonchev–Trinajstić information content (AvgIpc) is 3.32. The number of pyridine rings is 1. The molecule has 0 aliphatic carbocycles. The van der Waals surface area contributed by atoms with Crippen LogP contribution in [0.5, 0.6) is 0 Å². The highest BCUT2D eigenvalue weighted by Gasteiger charge is 2.22. The molecule has 3 heterocycles. The third-order valence-electron chi connectivity index (χ3n) is 4.75. The van der Waals surface area contributed by atoms with E-state index in [9.17, 15) is 0 Å². The largest absolute Gasteiger partial charge is 0.384 e. The molecule has 0 fully saturated rings. The van der Waals surface area contributed by atoms with Gasteiger partial charge in [-0.3, -0.25) is 0 Å². The lowest BCUT2D eigenvalue weighted by Gasteiger charge is -2.17. The molecular weight excluding hydrogens is 338 g/mol. The maximum Gasteiger partial charge on any atom is 0.203 e. The molecule has 0 aliphatic rings. The molecule has 132 valence electrons. The Bertz CT molecular complexity index is 1190. The zero-order chi connectivity index (χ0) is 18.2. The average molecular weight is 355 g/mol. The van der Waals surface area contributed by atoms with E-state index >= 15 is 0 Å². The number of nitrogen functional groups attached to an aromatic ring is 1. The van der Waals surface area contributed by atoms with Crippen LogP contribution < -0.4 is 5.73 Å². The predicted octanol–water partition coefficient (Wildman–Crippen LogP) is 3.19. The predicted molar refractivity (Wildman–Crippen MR) is 104 cm³/mol. The molecular formula is C20H17N7. The van der Waals surface area contributed by atoms with Crippen molar-refractivity contribution in [2.75, 3.05) is 5.73 Å². The van der Waals surface area contributed by atoms with E-state index in [1.54, 1.807) is 0 Å². The first-order valence-corrected chi connectivity index (χ1v) is 8.73. The topological polar surface area (TPSA) is 109 Å². The Morgan fingerprint density at radius 3 is 2.59 bits per heavy atom. The van der Waals surface area contributed by atoms with Crippen molar-refractivity contribution in [1.82, 2.24) is 30.4 Å². The molecule has 2 aromatic carbocycles. The number of aromatic nitrogens is 6. The Kier molecular flexibility index (Phi) is 3.57. The van der Waals surface area contributed by atoms with Gasteiger partial charge in [0, 0.05) is 12.3 Å². The summed E-state index contributed by atoms with van der Waals surface area (Å²) < 4.78 is 0. The van der Waals surface area contributed by atoms with Gasteiger partial charge in [-0.1, -0.05) is 42.5 Å². The van der Waals surface area contributed by atoms with Gasteiger partial charge in [0.1, 0.15) is 17.2 Å². The number of hydrogen-bond acceptors (Lipinski definition) is 5. The van der Waals surface area contributed by atoms with Crippen LogP contribution >= 0.6 is 0 Å². The maximum absolute atomic E-state index is 6.04. The summed E-state index contributed by atoms with van der Waals surface area (Å²) in [5.41, 5.74) is 11.4. The Morgan fingerprint density at radius 1 is 0.926 bits per heavy atom. The first kappa shape index (κ1) is 15.5. The second-order valence-corrected chi connectivity index (χ2v) is 6.50. The van der Waals surface area contributed by atoms with Gasteiger partial charge in [-0.15, -0.1) is 5.10 Å². The standard InChI is InChI=1S/C20H17N7/c21-17-10-14(19-20(24-17)26-27-25-19)13(12-6-2-1-3-7-12)11-18-22-15-8-4-5-9-16(15)23-18/h1-10,13H,11H2,(H,22,23)(H3,21,24,25,26,27). The molecule has 0 radical (unpaired) electrons. The summed E-state index contributed by atoms with van der Waals surface area (Å²) in [5, 5.41) is 11.1. The summed E-state index contributed by atoms with van der Waals surface area (Å²) >= 11 is 0. The van der Waals surface area contributed by atoms with Gasteiger partial charge < -0.3 is 10.7 Å². The fraction of sp³-hybridized carbons (Fsp3) is 0.100. The van der Waals surface area contributed by atoms with Crippen LogP contribution in [0.25, 0.3) is 22.2 Å². The summed E-state index contributed by atoms with van der Waals surface area (Å²) in [6.07, 6.45) is 0.685. The van der Waals surface area contributed by atoms with Crippen LogP contribution in [-0.4, -0.2) is 30.4 Å². The van der Waals surface area contributed by atoms with Crippen molar-refractivity contribution in [1.29, 1.82) is 0 Å². The van der Waals surface area contributed by atoms with E-state index in [1.807, 2.05) is 48.5 Å². The van der Waals surface area contributed by atoms with Crippen LogP contribution in [0.3, 0.4) is 0 Å². The van der Waals surface area contributed by atoms with E-state index < -0.39 is 0 Å². The molecule has 0 amide bonds. The van der Waals surface area contributed by atoms with Crippen molar-refractivity contribution < 1.29 is 0 Å². The molecule has 0 bridgehead atoms. The number of imidazole rings is 1. The van der Waals surface area contributed by atoms with Crippen LogP contribution in [0.15, 0.2) is 60.7 Å². The summed E-state index contributed by atoms with van der Waals surface area (Å²) in [6.45, 7) is 0. The second-order valence-electron chi connectivity index (χ2n) is 6.50. The first-order chi connectivity index (χ1) is 13.3. The van der Waals surface area contributed by atoms with Gasteiger partial charge in [0.2, 0.25) is 5.65 Å². The summed E-state index contributed by atoms with van der Waals surface area (Å²) in [6, 6.07) is 20.2. The first-order valence-electron chi connectivity index (χ1n) is 8.73. The van der Waals surface area contributed by atoms with Crippen LogP contribution in [0, 0.1) is 0 Å². The highest BCUT2D eigenvalue weighted by Crippen LogP contribution is 2.32. The third kappa shape index (κ3) is 2.79. The van der Waals surface area contributed by atoms with Crippen molar-refractivity contribution in [3.8, 4) is 0 Å². The molecule has 7 nitrogen and oxygen atoms in total. The van der Waals surface area contributed by atoms with E-state index in [0.29, 0.717) is 17.9 Å². The number of nitrogens with two attached hydrogens (primary N) is 1. The number of H-pyrrole nitrogens is 2. The fourth-order valence-electron chi connectivity index (χ4n) is 3.53. The lowest BCUT2D eigenvalue weighted by molar-refractivity contribution is 0.771. The number of nitrogens with one attached hydrogen (secondary N) is 2. The Labute approximate surface area is 154 Å². The minimum atomic E-state index is 0.0182. The smallest absolute Gasteiger partial charge is 0.203 e. The third-order valence-corrected chi connectivity index (χ3v) is 4.75. The van der Waals surface area contributed by atoms with E-state index in [0.717, 1.165) is 33.5 Å². The molecule has 1 unspecified atom stereocenters. The number of rotatable bonds is 4. The van der Waals surface area contributed by atoms with Gasteiger partial charge in [0.15, 0.2) is 0 Å². The van der Waals surface area contributed by atoms with Crippen molar-refractivity contribution in [2.45, 2.75) is 12.3 Å². The minimum absolute atomic E-state index is 0.0182. The molecule has 0 aliphatic heterocycles. The molecule has 1 atom stereocenters. The number of aromatic amines is 2. The highest BCUT2D eigenvalue weighted by molar-refractivity contribution is 5.77. The number of fused-ring (bicyclic) bond motifs is 2. The maximum atomic E-state index is 6.04. The molecule has 4 N–H and O–H groups in total. The minimum Gasteiger partial charge on any atom is -0.384 e. The monoisotopic (exact) mass is 355 g/mol. The number of nitrogens with zero attached hydrogens (tertiary/aromatic N) is 4. The van der Waals surface area contributed by atoms with Crippen molar-refractivity contribution >= 4 is 28.0 Å². The SMILES string of the molecule is Nc1cc(C(Cc2nc3ccccc3[nH]2)c2ccccc2)c2n[nH]nc2n1. The van der Waals surface area contributed by atoms with Crippen LogP contribution in [0.4, 0.5) is 5.82 Å². The molecule has 7 heteroatoms. The number of benzene rings is 2. The Hall–Kier alpha value is -3.74. The van der Waals surface area contributed by atoms with Crippen LogP contribution in [0.2, 0.25) is 0 Å². The molecule has 5 rings (SSSR count). The molecule has 0 saturated carbocycles. The Morgan fingerprint density at radius 2 is 1.74 bits per heavy atom.